The summed E-state index contributed by atoms with van der Waals surface area (Å²) in [6.45, 7) is 2.22. The molecule has 0 atom stereocenters. The van der Waals surface area contributed by atoms with E-state index in [0.717, 1.165) is 11.1 Å². The van der Waals surface area contributed by atoms with Crippen LogP contribution in [0.1, 0.15) is 21.5 Å². The Morgan fingerprint density at radius 2 is 2.05 bits per heavy atom. The molecule has 2 aromatic rings. The fourth-order valence-corrected chi connectivity index (χ4v) is 2.13. The topological polar surface area (TPSA) is 29.1 Å². The highest BCUT2D eigenvalue weighted by atomic mass is 35.5. The molecule has 0 saturated heterocycles. The average molecular weight is 292 g/mol. The summed E-state index contributed by atoms with van der Waals surface area (Å²) in [5.41, 5.74) is 1.89. The number of rotatable bonds is 4. The molecule has 2 nitrogen and oxygen atoms in total. The lowest BCUT2D eigenvalue weighted by Gasteiger charge is -2.07. The van der Waals surface area contributed by atoms with Gasteiger partial charge in [0.05, 0.1) is 5.56 Å². The normalized spacial score (nSPS) is 10.3. The van der Waals surface area contributed by atoms with Crippen molar-refractivity contribution < 1.29 is 9.18 Å². The molecule has 20 heavy (non-hydrogen) atoms. The molecule has 1 N–H and O–H groups in total. The Hall–Kier alpha value is -1.87. The quantitative estimate of drug-likeness (QED) is 0.913. The van der Waals surface area contributed by atoms with Crippen molar-refractivity contribution in [2.24, 2.45) is 0 Å². The van der Waals surface area contributed by atoms with Gasteiger partial charge in [0, 0.05) is 11.6 Å². The first-order valence-electron chi connectivity index (χ1n) is 6.35. The Morgan fingerprint density at radius 1 is 1.25 bits per heavy atom. The number of hydrogen-bond donors (Lipinski definition) is 1. The minimum Gasteiger partial charge on any atom is -0.352 e. The van der Waals surface area contributed by atoms with E-state index in [1.807, 2.05) is 18.2 Å². The van der Waals surface area contributed by atoms with E-state index in [0.29, 0.717) is 18.0 Å². The molecule has 0 radical (unpaired) electrons. The molecule has 2 rings (SSSR count). The smallest absolute Gasteiger partial charge is 0.254 e. The van der Waals surface area contributed by atoms with Gasteiger partial charge in [0.15, 0.2) is 0 Å². The number of amides is 1. The van der Waals surface area contributed by atoms with E-state index in [2.05, 4.69) is 5.32 Å². The van der Waals surface area contributed by atoms with Crippen molar-refractivity contribution in [2.45, 2.75) is 13.3 Å². The van der Waals surface area contributed by atoms with Crippen molar-refractivity contribution in [3.63, 3.8) is 0 Å². The first-order valence-corrected chi connectivity index (χ1v) is 6.73. The van der Waals surface area contributed by atoms with Gasteiger partial charge in [-0.1, -0.05) is 29.8 Å². The van der Waals surface area contributed by atoms with Crippen molar-refractivity contribution in [2.75, 3.05) is 6.54 Å². The maximum Gasteiger partial charge on any atom is 0.254 e. The average Bonchev–Trinajstić information content (AvgIpc) is 2.38. The fraction of sp³-hybridized carbons (Fsp3) is 0.188. The molecule has 0 spiro atoms. The molecule has 0 aromatic heterocycles. The molecular formula is C16H15ClFNO. The zero-order valence-corrected chi connectivity index (χ0v) is 11.9. The monoisotopic (exact) mass is 291 g/mol. The molecule has 0 heterocycles. The Labute approximate surface area is 122 Å². The highest BCUT2D eigenvalue weighted by Crippen LogP contribution is 2.11. The van der Waals surface area contributed by atoms with Crippen LogP contribution in [0.25, 0.3) is 0 Å². The Morgan fingerprint density at radius 3 is 2.75 bits per heavy atom. The molecule has 2 aromatic carbocycles. The number of halogens is 2. The second-order valence-corrected chi connectivity index (χ2v) is 5.06. The maximum atomic E-state index is 13.6. The number of benzene rings is 2. The van der Waals surface area contributed by atoms with E-state index in [9.17, 15) is 9.18 Å². The third-order valence-corrected chi connectivity index (χ3v) is 3.19. The summed E-state index contributed by atoms with van der Waals surface area (Å²) in [5, 5.41) is 3.37. The number of nitrogens with one attached hydrogen (secondary N) is 1. The summed E-state index contributed by atoms with van der Waals surface area (Å²) in [7, 11) is 0. The number of carbonyl (C=O) groups is 1. The van der Waals surface area contributed by atoms with Crippen molar-refractivity contribution in [1.29, 1.82) is 0 Å². The zero-order chi connectivity index (χ0) is 14.5. The highest BCUT2D eigenvalue weighted by molar-refractivity contribution is 6.30. The van der Waals surface area contributed by atoms with Gasteiger partial charge in [0.25, 0.3) is 5.91 Å². The number of aryl methyl sites for hydroxylation is 1. The first kappa shape index (κ1) is 14.5. The van der Waals surface area contributed by atoms with Crippen LogP contribution in [0, 0.1) is 12.7 Å². The SMILES string of the molecule is Cc1ccc(C(=O)NCCc2cccc(Cl)c2)c(F)c1. The Kier molecular flexibility index (Phi) is 4.74. The Bertz CT molecular complexity index is 628. The van der Waals surface area contributed by atoms with Crippen molar-refractivity contribution in [3.05, 3.63) is 70.0 Å². The lowest BCUT2D eigenvalue weighted by Crippen LogP contribution is -2.26. The van der Waals surface area contributed by atoms with E-state index in [1.165, 1.54) is 12.1 Å². The molecule has 0 saturated carbocycles. The summed E-state index contributed by atoms with van der Waals surface area (Å²) in [6.07, 6.45) is 0.653. The van der Waals surface area contributed by atoms with E-state index in [-0.39, 0.29) is 5.56 Å². The summed E-state index contributed by atoms with van der Waals surface area (Å²) in [6, 6.07) is 12.0. The summed E-state index contributed by atoms with van der Waals surface area (Å²) < 4.78 is 13.6. The fourth-order valence-electron chi connectivity index (χ4n) is 1.91. The van der Waals surface area contributed by atoms with Gasteiger partial charge in [-0.2, -0.15) is 0 Å². The Balaban J connectivity index is 1.92. The van der Waals surface area contributed by atoms with Crippen LogP contribution in [0.3, 0.4) is 0 Å². The molecule has 0 bridgehead atoms. The van der Waals surface area contributed by atoms with Gasteiger partial charge >= 0.3 is 0 Å². The minimum atomic E-state index is -0.495. The largest absolute Gasteiger partial charge is 0.352 e. The molecule has 0 unspecified atom stereocenters. The van der Waals surface area contributed by atoms with Gasteiger partial charge < -0.3 is 5.32 Å². The van der Waals surface area contributed by atoms with E-state index in [4.69, 9.17) is 11.6 Å². The third kappa shape index (κ3) is 3.81. The first-order chi connectivity index (χ1) is 9.56. The van der Waals surface area contributed by atoms with Crippen molar-refractivity contribution in [3.8, 4) is 0 Å². The predicted molar refractivity (Wildman–Crippen MR) is 78.6 cm³/mol. The second-order valence-electron chi connectivity index (χ2n) is 4.62. The van der Waals surface area contributed by atoms with Gasteiger partial charge in [0.1, 0.15) is 5.82 Å². The third-order valence-electron chi connectivity index (χ3n) is 2.96. The van der Waals surface area contributed by atoms with Gasteiger partial charge in [-0.3, -0.25) is 4.79 Å². The summed E-state index contributed by atoms with van der Waals surface area (Å²) >= 11 is 5.88. The van der Waals surface area contributed by atoms with Crippen LogP contribution in [-0.4, -0.2) is 12.5 Å². The molecular weight excluding hydrogens is 277 g/mol. The van der Waals surface area contributed by atoms with Crippen molar-refractivity contribution >= 4 is 17.5 Å². The maximum absolute atomic E-state index is 13.6. The van der Waals surface area contributed by atoms with Crippen LogP contribution >= 0.6 is 11.6 Å². The predicted octanol–water partition coefficient (Wildman–Crippen LogP) is 3.76. The van der Waals surface area contributed by atoms with Crippen LogP contribution in [0.5, 0.6) is 0 Å². The lowest BCUT2D eigenvalue weighted by molar-refractivity contribution is 0.0950. The van der Waals surface area contributed by atoms with Crippen LogP contribution in [-0.2, 0) is 6.42 Å². The molecule has 104 valence electrons. The lowest BCUT2D eigenvalue weighted by atomic mass is 10.1. The van der Waals surface area contributed by atoms with Gasteiger partial charge in [-0.05, 0) is 48.7 Å². The molecule has 1 amide bonds. The van der Waals surface area contributed by atoms with Crippen LogP contribution in [0.2, 0.25) is 5.02 Å². The molecule has 0 aliphatic rings. The van der Waals surface area contributed by atoms with Crippen LogP contribution in [0.15, 0.2) is 42.5 Å². The van der Waals surface area contributed by atoms with Crippen LogP contribution in [0.4, 0.5) is 4.39 Å². The summed E-state index contributed by atoms with van der Waals surface area (Å²) in [5.74, 6) is -0.894. The number of hydrogen-bond acceptors (Lipinski definition) is 1. The molecule has 4 heteroatoms. The van der Waals surface area contributed by atoms with Gasteiger partial charge in [0.2, 0.25) is 0 Å². The molecule has 0 aliphatic carbocycles. The minimum absolute atomic E-state index is 0.0710. The summed E-state index contributed by atoms with van der Waals surface area (Å²) in [4.78, 5) is 11.9. The second kappa shape index (κ2) is 6.53. The van der Waals surface area contributed by atoms with Crippen molar-refractivity contribution in [1.82, 2.24) is 5.32 Å². The zero-order valence-electron chi connectivity index (χ0n) is 11.1. The van der Waals surface area contributed by atoms with E-state index >= 15 is 0 Å². The highest BCUT2D eigenvalue weighted by Gasteiger charge is 2.10. The van der Waals surface area contributed by atoms with Gasteiger partial charge in [-0.25, -0.2) is 4.39 Å². The standard InChI is InChI=1S/C16H15ClFNO/c1-11-5-6-14(15(18)9-11)16(20)19-8-7-12-3-2-4-13(17)10-12/h2-6,9-10H,7-8H2,1H3,(H,19,20). The molecule has 0 aliphatic heterocycles. The molecule has 0 fully saturated rings. The van der Waals surface area contributed by atoms with E-state index in [1.54, 1.807) is 19.1 Å². The van der Waals surface area contributed by atoms with Crippen LogP contribution < -0.4 is 5.32 Å². The van der Waals surface area contributed by atoms with E-state index < -0.39 is 11.7 Å². The number of carbonyl (C=O) groups excluding carboxylic acids is 1. The van der Waals surface area contributed by atoms with Gasteiger partial charge in [-0.15, -0.1) is 0 Å².